The zero-order chi connectivity index (χ0) is 13.8. The monoisotopic (exact) mass is 257 g/mol. The minimum atomic E-state index is -0.593. The molecule has 0 aliphatic carbocycles. The van der Waals surface area contributed by atoms with Crippen molar-refractivity contribution in [2.45, 2.75) is 0 Å². The highest BCUT2D eigenvalue weighted by atomic mass is 16.6. The minimum Gasteiger partial charge on any atom is -0.397 e. The third-order valence-electron chi connectivity index (χ3n) is 2.40. The van der Waals surface area contributed by atoms with E-state index in [0.717, 1.165) is 0 Å². The number of nitrogens with zero attached hydrogens (tertiary/aromatic N) is 3. The van der Waals surface area contributed by atoms with Gasteiger partial charge in [-0.25, -0.2) is 0 Å². The fraction of sp³-hybridized carbons (Fsp3) is 0. The van der Waals surface area contributed by atoms with Crippen LogP contribution in [0.1, 0.15) is 0 Å². The fourth-order valence-corrected chi connectivity index (χ4v) is 1.46. The van der Waals surface area contributed by atoms with Crippen molar-refractivity contribution >= 4 is 28.4 Å². The van der Waals surface area contributed by atoms with Crippen molar-refractivity contribution in [1.82, 2.24) is 0 Å². The van der Waals surface area contributed by atoms with Gasteiger partial charge in [0.15, 0.2) is 0 Å². The van der Waals surface area contributed by atoms with Crippen molar-refractivity contribution in [3.8, 4) is 0 Å². The zero-order valence-corrected chi connectivity index (χ0v) is 9.85. The summed E-state index contributed by atoms with van der Waals surface area (Å²) in [5, 5.41) is 18.6. The van der Waals surface area contributed by atoms with Crippen molar-refractivity contribution in [1.29, 1.82) is 0 Å². The summed E-state index contributed by atoms with van der Waals surface area (Å²) in [5.41, 5.74) is 12.1. The Morgan fingerprint density at radius 1 is 1.00 bits per heavy atom. The van der Waals surface area contributed by atoms with E-state index in [-0.39, 0.29) is 17.1 Å². The molecule has 7 nitrogen and oxygen atoms in total. The number of hydrogen-bond acceptors (Lipinski definition) is 6. The summed E-state index contributed by atoms with van der Waals surface area (Å²) in [6.45, 7) is 0. The summed E-state index contributed by atoms with van der Waals surface area (Å²) < 4.78 is 0. The van der Waals surface area contributed by atoms with Crippen LogP contribution in [0.15, 0.2) is 52.7 Å². The summed E-state index contributed by atoms with van der Waals surface area (Å²) in [6, 6.07) is 11.6. The maximum Gasteiger partial charge on any atom is 0.294 e. The van der Waals surface area contributed by atoms with Gasteiger partial charge in [0.2, 0.25) is 0 Å². The van der Waals surface area contributed by atoms with E-state index in [1.165, 1.54) is 12.1 Å². The number of azo groups is 1. The molecule has 19 heavy (non-hydrogen) atoms. The molecular weight excluding hydrogens is 246 g/mol. The number of nitro groups is 1. The lowest BCUT2D eigenvalue weighted by atomic mass is 10.2. The fourth-order valence-electron chi connectivity index (χ4n) is 1.46. The van der Waals surface area contributed by atoms with Gasteiger partial charge in [-0.3, -0.25) is 10.1 Å². The highest BCUT2D eigenvalue weighted by Crippen LogP contribution is 2.33. The Hall–Kier alpha value is -2.96. The SMILES string of the molecule is Nc1cc([N+](=O)[O-])c(N)cc1N=Nc1ccccc1. The van der Waals surface area contributed by atoms with E-state index in [2.05, 4.69) is 10.2 Å². The van der Waals surface area contributed by atoms with Crippen LogP contribution in [-0.4, -0.2) is 4.92 Å². The number of anilines is 2. The van der Waals surface area contributed by atoms with Crippen molar-refractivity contribution in [2.24, 2.45) is 10.2 Å². The van der Waals surface area contributed by atoms with E-state index in [9.17, 15) is 10.1 Å². The highest BCUT2D eigenvalue weighted by Gasteiger charge is 2.14. The average molecular weight is 257 g/mol. The lowest BCUT2D eigenvalue weighted by molar-refractivity contribution is -0.383. The van der Waals surface area contributed by atoms with Crippen molar-refractivity contribution in [3.63, 3.8) is 0 Å². The van der Waals surface area contributed by atoms with Crippen molar-refractivity contribution in [3.05, 3.63) is 52.6 Å². The molecule has 4 N–H and O–H groups in total. The number of nitrogen functional groups attached to an aromatic ring is 2. The lowest BCUT2D eigenvalue weighted by Crippen LogP contribution is -1.97. The first-order valence-corrected chi connectivity index (χ1v) is 5.38. The molecule has 7 heteroatoms. The summed E-state index contributed by atoms with van der Waals surface area (Å²) in [6.07, 6.45) is 0. The van der Waals surface area contributed by atoms with Crippen LogP contribution in [0.2, 0.25) is 0 Å². The number of hydrogen-bond donors (Lipinski definition) is 2. The highest BCUT2D eigenvalue weighted by molar-refractivity contribution is 5.75. The smallest absolute Gasteiger partial charge is 0.294 e. The molecule has 0 bridgehead atoms. The van der Waals surface area contributed by atoms with Gasteiger partial charge >= 0.3 is 0 Å². The van der Waals surface area contributed by atoms with E-state index in [1.54, 1.807) is 12.1 Å². The van der Waals surface area contributed by atoms with Gasteiger partial charge in [-0.05, 0) is 18.2 Å². The molecule has 0 aliphatic heterocycles. The quantitative estimate of drug-likeness (QED) is 0.379. The van der Waals surface area contributed by atoms with Gasteiger partial charge in [0, 0.05) is 6.07 Å². The average Bonchev–Trinajstić information content (AvgIpc) is 2.40. The predicted molar refractivity (Wildman–Crippen MR) is 72.5 cm³/mol. The van der Waals surface area contributed by atoms with Crippen LogP contribution < -0.4 is 11.5 Å². The number of nitro benzene ring substituents is 1. The standard InChI is InChI=1S/C12H11N5O2/c13-9-7-12(17(18)19)10(14)6-11(9)16-15-8-4-2-1-3-5-8/h1-7H,13-14H2. The van der Waals surface area contributed by atoms with Crippen LogP contribution in [0.5, 0.6) is 0 Å². The van der Waals surface area contributed by atoms with Crippen molar-refractivity contribution in [2.75, 3.05) is 11.5 Å². The summed E-state index contributed by atoms with van der Waals surface area (Å²) in [4.78, 5) is 10.1. The van der Waals surface area contributed by atoms with Crippen LogP contribution in [0.25, 0.3) is 0 Å². The Morgan fingerprint density at radius 2 is 1.68 bits per heavy atom. The lowest BCUT2D eigenvalue weighted by Gasteiger charge is -2.02. The summed E-state index contributed by atoms with van der Waals surface area (Å²) in [7, 11) is 0. The molecule has 0 saturated carbocycles. The molecule has 0 heterocycles. The first kappa shape index (κ1) is 12.5. The third-order valence-corrected chi connectivity index (χ3v) is 2.40. The molecule has 0 saturated heterocycles. The van der Waals surface area contributed by atoms with E-state index >= 15 is 0 Å². The normalized spacial score (nSPS) is 10.7. The molecule has 0 radical (unpaired) electrons. The molecule has 0 spiro atoms. The molecule has 2 aromatic rings. The molecular formula is C12H11N5O2. The van der Waals surface area contributed by atoms with Crippen LogP contribution in [0.4, 0.5) is 28.4 Å². The molecule has 0 aromatic heterocycles. The largest absolute Gasteiger partial charge is 0.397 e. The minimum absolute atomic E-state index is 0.00112. The molecule has 0 amide bonds. The second-order valence-electron chi connectivity index (χ2n) is 3.76. The first-order valence-electron chi connectivity index (χ1n) is 5.38. The molecule has 0 unspecified atom stereocenters. The number of nitrogens with two attached hydrogens (primary N) is 2. The van der Waals surface area contributed by atoms with Gasteiger partial charge in [-0.2, -0.15) is 5.11 Å². The zero-order valence-electron chi connectivity index (χ0n) is 9.85. The van der Waals surface area contributed by atoms with Crippen LogP contribution in [0, 0.1) is 10.1 Å². The molecule has 0 aliphatic rings. The Morgan fingerprint density at radius 3 is 2.32 bits per heavy atom. The second-order valence-corrected chi connectivity index (χ2v) is 3.76. The Balaban J connectivity index is 2.34. The van der Waals surface area contributed by atoms with E-state index in [1.807, 2.05) is 18.2 Å². The van der Waals surface area contributed by atoms with Gasteiger partial charge in [-0.1, -0.05) is 18.2 Å². The topological polar surface area (TPSA) is 120 Å². The maximum absolute atomic E-state index is 10.7. The summed E-state index contributed by atoms with van der Waals surface area (Å²) in [5.74, 6) is 0. The van der Waals surface area contributed by atoms with Gasteiger partial charge in [0.1, 0.15) is 11.4 Å². The van der Waals surface area contributed by atoms with Crippen LogP contribution >= 0.6 is 0 Å². The molecule has 2 rings (SSSR count). The van der Waals surface area contributed by atoms with Gasteiger partial charge in [-0.15, -0.1) is 5.11 Å². The molecule has 0 fully saturated rings. The Kier molecular flexibility index (Phi) is 3.37. The molecule has 0 atom stereocenters. The third kappa shape index (κ3) is 2.83. The van der Waals surface area contributed by atoms with Gasteiger partial charge < -0.3 is 11.5 Å². The van der Waals surface area contributed by atoms with E-state index in [0.29, 0.717) is 11.4 Å². The van der Waals surface area contributed by atoms with Gasteiger partial charge in [0.25, 0.3) is 5.69 Å². The van der Waals surface area contributed by atoms with Gasteiger partial charge in [0.05, 0.1) is 16.3 Å². The van der Waals surface area contributed by atoms with E-state index < -0.39 is 4.92 Å². The van der Waals surface area contributed by atoms with Crippen LogP contribution in [0.3, 0.4) is 0 Å². The molecule has 96 valence electrons. The van der Waals surface area contributed by atoms with E-state index in [4.69, 9.17) is 11.5 Å². The summed E-state index contributed by atoms with van der Waals surface area (Å²) >= 11 is 0. The predicted octanol–water partition coefficient (Wildman–Crippen LogP) is 3.17. The second kappa shape index (κ2) is 5.13. The van der Waals surface area contributed by atoms with Crippen molar-refractivity contribution < 1.29 is 4.92 Å². The Bertz CT molecular complexity index is 640. The Labute approximate surface area is 108 Å². The van der Waals surface area contributed by atoms with Crippen LogP contribution in [-0.2, 0) is 0 Å². The molecule has 2 aromatic carbocycles. The first-order chi connectivity index (χ1) is 9.08. The number of rotatable bonds is 3. The number of benzene rings is 2. The maximum atomic E-state index is 10.7.